The number of nitrogens with zero attached hydrogens (tertiary/aromatic N) is 3. The second kappa shape index (κ2) is 11.4. The first-order chi connectivity index (χ1) is 17.3. The van der Waals surface area contributed by atoms with Gasteiger partial charge in [0.15, 0.2) is 0 Å². The van der Waals surface area contributed by atoms with Gasteiger partial charge in [-0.2, -0.15) is 0 Å². The molecule has 0 radical (unpaired) electrons. The third-order valence-electron chi connectivity index (χ3n) is 6.59. The van der Waals surface area contributed by atoms with Crippen LogP contribution in [-0.4, -0.2) is 74.0 Å². The Morgan fingerprint density at radius 1 is 1.08 bits per heavy atom. The van der Waals surface area contributed by atoms with Crippen LogP contribution in [-0.2, 0) is 6.54 Å². The minimum Gasteiger partial charge on any atom is -0.388 e. The van der Waals surface area contributed by atoms with Gasteiger partial charge >= 0.3 is 0 Å². The number of hydrogen-bond acceptors (Lipinski definition) is 6. The van der Waals surface area contributed by atoms with Gasteiger partial charge in [0.1, 0.15) is 11.6 Å². The fourth-order valence-corrected chi connectivity index (χ4v) is 4.86. The molecule has 2 aromatic rings. The zero-order chi connectivity index (χ0) is 25.8. The van der Waals surface area contributed by atoms with Crippen LogP contribution in [0.15, 0.2) is 54.0 Å². The lowest BCUT2D eigenvalue weighted by Gasteiger charge is -2.33. The highest BCUT2D eigenvalue weighted by Gasteiger charge is 2.22. The number of carbonyl (C=O) groups excluding carboxylic acids is 1. The normalized spacial score (nSPS) is 17.3. The predicted octanol–water partition coefficient (Wildman–Crippen LogP) is 3.31. The van der Waals surface area contributed by atoms with Crippen LogP contribution in [0.5, 0.6) is 0 Å². The number of rotatable bonds is 6. The lowest BCUT2D eigenvalue weighted by Crippen LogP contribution is -2.47. The van der Waals surface area contributed by atoms with Gasteiger partial charge < -0.3 is 31.1 Å². The van der Waals surface area contributed by atoms with Gasteiger partial charge in [-0.05, 0) is 43.0 Å². The topological polar surface area (TPSA) is 76.9 Å². The molecule has 2 heterocycles. The molecule has 0 atom stereocenters. The van der Waals surface area contributed by atoms with Crippen LogP contribution in [0.25, 0.3) is 5.70 Å². The summed E-state index contributed by atoms with van der Waals surface area (Å²) in [6, 6.07) is 10.3. The minimum atomic E-state index is -0.512. The highest BCUT2D eigenvalue weighted by Crippen LogP contribution is 2.30. The molecular formula is C26H31Cl2FN6O. The smallest absolute Gasteiger partial charge is 0.253 e. The number of halogens is 3. The van der Waals surface area contributed by atoms with Crippen molar-refractivity contribution in [3.05, 3.63) is 86.5 Å². The summed E-state index contributed by atoms with van der Waals surface area (Å²) in [5.74, 6) is 0.0324. The first kappa shape index (κ1) is 26.1. The van der Waals surface area contributed by atoms with Crippen LogP contribution in [0.3, 0.4) is 0 Å². The van der Waals surface area contributed by atoms with Gasteiger partial charge in [0, 0.05) is 74.7 Å². The summed E-state index contributed by atoms with van der Waals surface area (Å²) in [5.41, 5.74) is 9.95. The van der Waals surface area contributed by atoms with Crippen LogP contribution in [0, 0.1) is 5.82 Å². The van der Waals surface area contributed by atoms with Crippen molar-refractivity contribution in [1.82, 2.24) is 25.3 Å². The van der Waals surface area contributed by atoms with Crippen LogP contribution < -0.4 is 16.4 Å². The number of likely N-dealkylation sites (N-methyl/N-ethyl adjacent to an activating group) is 1. The Morgan fingerprint density at radius 2 is 1.75 bits per heavy atom. The minimum absolute atomic E-state index is 0.0115. The molecule has 0 unspecified atom stereocenters. The van der Waals surface area contributed by atoms with E-state index in [0.717, 1.165) is 43.1 Å². The summed E-state index contributed by atoms with van der Waals surface area (Å²) in [7, 11) is 3.89. The Bertz CT molecular complexity index is 1180. The fraction of sp³-hybridized carbons (Fsp3) is 0.346. The second-order valence-corrected chi connectivity index (χ2v) is 9.73. The molecule has 2 aromatic carbocycles. The van der Waals surface area contributed by atoms with Gasteiger partial charge in [-0.1, -0.05) is 35.3 Å². The summed E-state index contributed by atoms with van der Waals surface area (Å²) < 4.78 is 14.1. The van der Waals surface area contributed by atoms with Crippen molar-refractivity contribution < 1.29 is 9.18 Å². The van der Waals surface area contributed by atoms with Crippen molar-refractivity contribution in [1.29, 1.82) is 0 Å². The quantitative estimate of drug-likeness (QED) is 0.495. The van der Waals surface area contributed by atoms with Gasteiger partial charge in [-0.15, -0.1) is 0 Å². The molecule has 192 valence electrons. The van der Waals surface area contributed by atoms with Crippen molar-refractivity contribution >= 4 is 34.8 Å². The van der Waals surface area contributed by atoms with Crippen LogP contribution in [0.2, 0.25) is 10.0 Å². The number of hydrogen-bond donors (Lipinski definition) is 3. The summed E-state index contributed by atoms with van der Waals surface area (Å²) in [6.45, 7) is 4.78. The van der Waals surface area contributed by atoms with Crippen molar-refractivity contribution in [2.24, 2.45) is 5.73 Å². The van der Waals surface area contributed by atoms with E-state index in [1.807, 2.05) is 47.2 Å². The van der Waals surface area contributed by atoms with Gasteiger partial charge in [0.2, 0.25) is 0 Å². The highest BCUT2D eigenvalue weighted by molar-refractivity contribution is 6.36. The van der Waals surface area contributed by atoms with E-state index in [-0.39, 0.29) is 10.9 Å². The van der Waals surface area contributed by atoms with Gasteiger partial charge in [0.05, 0.1) is 10.7 Å². The van der Waals surface area contributed by atoms with E-state index in [9.17, 15) is 9.18 Å². The number of carbonyl (C=O) groups is 1. The Kier molecular flexibility index (Phi) is 8.28. The molecule has 4 N–H and O–H groups in total. The number of nitrogens with one attached hydrogen (secondary N) is 2. The van der Waals surface area contributed by atoms with Crippen molar-refractivity contribution in [2.75, 3.05) is 53.4 Å². The summed E-state index contributed by atoms with van der Waals surface area (Å²) in [6.07, 6.45) is 1.93. The van der Waals surface area contributed by atoms with Crippen molar-refractivity contribution in [2.45, 2.75) is 6.54 Å². The van der Waals surface area contributed by atoms with E-state index in [1.165, 1.54) is 12.1 Å². The average Bonchev–Trinajstić information content (AvgIpc) is 2.89. The SMILES string of the molecule is CN/C(=C\C1=C(N)NCCN1Cc1c(Cl)ccc(F)c1Cl)c1ccc(C(=O)N2CCN(C)CC2)cc1. The molecule has 1 saturated heterocycles. The van der Waals surface area contributed by atoms with Crippen LogP contribution in [0.4, 0.5) is 4.39 Å². The number of amides is 1. The van der Waals surface area contributed by atoms with Crippen molar-refractivity contribution in [3.8, 4) is 0 Å². The van der Waals surface area contributed by atoms with E-state index in [1.54, 1.807) is 0 Å². The summed E-state index contributed by atoms with van der Waals surface area (Å²) in [5, 5.41) is 6.82. The third kappa shape index (κ3) is 5.72. The predicted molar refractivity (Wildman–Crippen MR) is 143 cm³/mol. The Hall–Kier alpha value is -2.94. The number of benzene rings is 2. The first-order valence-corrected chi connectivity index (χ1v) is 12.6. The lowest BCUT2D eigenvalue weighted by molar-refractivity contribution is 0.0664. The third-order valence-corrected chi connectivity index (χ3v) is 7.35. The molecule has 0 bridgehead atoms. The first-order valence-electron chi connectivity index (χ1n) is 11.9. The second-order valence-electron chi connectivity index (χ2n) is 8.95. The number of allylic oxidation sites excluding steroid dienone is 1. The van der Waals surface area contributed by atoms with Crippen molar-refractivity contribution in [3.63, 3.8) is 0 Å². The number of piperazine rings is 1. The molecule has 10 heteroatoms. The Labute approximate surface area is 221 Å². The lowest BCUT2D eigenvalue weighted by atomic mass is 10.1. The largest absolute Gasteiger partial charge is 0.388 e. The summed E-state index contributed by atoms with van der Waals surface area (Å²) >= 11 is 12.6. The van der Waals surface area contributed by atoms with Crippen LogP contribution in [0.1, 0.15) is 21.5 Å². The molecule has 1 amide bonds. The molecule has 2 aliphatic heterocycles. The molecule has 0 saturated carbocycles. The molecule has 36 heavy (non-hydrogen) atoms. The van der Waals surface area contributed by atoms with Gasteiger partial charge in [-0.25, -0.2) is 4.39 Å². The van der Waals surface area contributed by atoms with Gasteiger partial charge in [-0.3, -0.25) is 4.79 Å². The van der Waals surface area contributed by atoms with E-state index in [0.29, 0.717) is 41.6 Å². The van der Waals surface area contributed by atoms with E-state index in [4.69, 9.17) is 28.9 Å². The Morgan fingerprint density at radius 3 is 2.42 bits per heavy atom. The zero-order valence-electron chi connectivity index (χ0n) is 20.5. The highest BCUT2D eigenvalue weighted by atomic mass is 35.5. The van der Waals surface area contributed by atoms with E-state index < -0.39 is 5.82 Å². The maximum absolute atomic E-state index is 14.1. The summed E-state index contributed by atoms with van der Waals surface area (Å²) in [4.78, 5) is 19.0. The Balaban J connectivity index is 1.57. The molecule has 1 fully saturated rings. The fourth-order valence-electron chi connectivity index (χ4n) is 4.37. The van der Waals surface area contributed by atoms with E-state index in [2.05, 4.69) is 22.6 Å². The molecule has 7 nitrogen and oxygen atoms in total. The average molecular weight is 533 g/mol. The maximum atomic E-state index is 14.1. The van der Waals surface area contributed by atoms with Gasteiger partial charge in [0.25, 0.3) is 5.91 Å². The molecule has 0 aliphatic carbocycles. The monoisotopic (exact) mass is 532 g/mol. The standard InChI is InChI=1S/C26H31Cl2FN6O/c1-31-22(17-3-5-18(6-4-17)26(36)34-13-11-33(2)12-14-34)15-23-25(30)32-9-10-35(23)16-19-20(27)7-8-21(29)24(19)28/h3-8,15,31-32H,9-14,16,30H2,1-2H3/b22-15-. The molecule has 0 spiro atoms. The maximum Gasteiger partial charge on any atom is 0.253 e. The van der Waals surface area contributed by atoms with Crippen LogP contribution >= 0.6 is 23.2 Å². The number of nitrogens with two attached hydrogens (primary N) is 1. The molecular weight excluding hydrogens is 502 g/mol. The molecule has 4 rings (SSSR count). The molecule has 0 aromatic heterocycles. The zero-order valence-corrected chi connectivity index (χ0v) is 22.0. The molecule has 2 aliphatic rings. The van der Waals surface area contributed by atoms with E-state index >= 15 is 0 Å².